The number of rotatable bonds is 5. The van der Waals surface area contributed by atoms with Crippen LogP contribution in [0, 0.1) is 6.92 Å². The number of aromatic amines is 1. The fourth-order valence-corrected chi connectivity index (χ4v) is 2.58. The third-order valence-electron chi connectivity index (χ3n) is 3.91. The Bertz CT molecular complexity index is 867. The Hall–Kier alpha value is -3.15. The van der Waals surface area contributed by atoms with Gasteiger partial charge in [0.15, 0.2) is 11.8 Å². The molecular formula is C20H24N6. The molecule has 0 amide bonds. The van der Waals surface area contributed by atoms with Crippen LogP contribution in [0.3, 0.4) is 0 Å². The van der Waals surface area contributed by atoms with Crippen molar-refractivity contribution in [2.75, 3.05) is 14.1 Å². The Kier molecular flexibility index (Phi) is 5.63. The normalized spacial score (nSPS) is 11.4. The summed E-state index contributed by atoms with van der Waals surface area (Å²) in [6, 6.07) is 18.5. The summed E-state index contributed by atoms with van der Waals surface area (Å²) in [7, 11) is 3.98. The van der Waals surface area contributed by atoms with Crippen LogP contribution in [0.15, 0.2) is 59.6 Å². The second-order valence-corrected chi connectivity index (χ2v) is 6.32. The zero-order valence-electron chi connectivity index (χ0n) is 15.4. The van der Waals surface area contributed by atoms with E-state index in [0.29, 0.717) is 12.4 Å². The molecule has 0 saturated carbocycles. The molecule has 3 aromatic rings. The van der Waals surface area contributed by atoms with Gasteiger partial charge in [-0.05, 0) is 24.1 Å². The summed E-state index contributed by atoms with van der Waals surface area (Å²) in [5.41, 5.74) is 3.33. The Morgan fingerprint density at radius 3 is 2.54 bits per heavy atom. The van der Waals surface area contributed by atoms with Gasteiger partial charge in [0, 0.05) is 26.2 Å². The van der Waals surface area contributed by atoms with E-state index in [9.17, 15) is 0 Å². The highest BCUT2D eigenvalue weighted by atomic mass is 15.3. The van der Waals surface area contributed by atoms with Crippen molar-refractivity contribution in [2.45, 2.75) is 20.0 Å². The lowest BCUT2D eigenvalue weighted by Gasteiger charge is -2.17. The van der Waals surface area contributed by atoms with Gasteiger partial charge in [-0.15, -0.1) is 0 Å². The highest BCUT2D eigenvalue weighted by Crippen LogP contribution is 2.16. The van der Waals surface area contributed by atoms with Gasteiger partial charge in [0.25, 0.3) is 0 Å². The molecule has 0 aliphatic carbocycles. The molecule has 0 spiro atoms. The maximum atomic E-state index is 4.73. The Balaban J connectivity index is 1.69. The number of nitrogens with zero attached hydrogens (tertiary/aromatic N) is 4. The van der Waals surface area contributed by atoms with Gasteiger partial charge in [0.05, 0.1) is 6.54 Å². The van der Waals surface area contributed by atoms with Crippen molar-refractivity contribution in [3.63, 3.8) is 0 Å². The van der Waals surface area contributed by atoms with E-state index in [4.69, 9.17) is 4.99 Å². The smallest absolute Gasteiger partial charge is 0.194 e. The van der Waals surface area contributed by atoms with Gasteiger partial charge in [-0.3, -0.25) is 5.10 Å². The fourth-order valence-electron chi connectivity index (χ4n) is 2.58. The Morgan fingerprint density at radius 2 is 1.85 bits per heavy atom. The highest BCUT2D eigenvalue weighted by Gasteiger charge is 2.06. The lowest BCUT2D eigenvalue weighted by molar-refractivity contribution is 0.578. The van der Waals surface area contributed by atoms with Gasteiger partial charge >= 0.3 is 0 Å². The molecule has 0 fully saturated rings. The number of aromatic nitrogens is 3. The molecule has 2 aromatic carbocycles. The first kappa shape index (κ1) is 17.7. The Morgan fingerprint density at radius 1 is 1.08 bits per heavy atom. The van der Waals surface area contributed by atoms with E-state index in [-0.39, 0.29) is 0 Å². The van der Waals surface area contributed by atoms with E-state index < -0.39 is 0 Å². The standard InChI is InChI=1S/C20H24N6/c1-15-23-19(25-24-15)18-11-7-10-17(12-18)14-22-20(26(2)3)21-13-16-8-5-4-6-9-16/h4-12H,13-14H2,1-3H3,(H,21,22)(H,23,24,25). The van der Waals surface area contributed by atoms with Crippen molar-refractivity contribution >= 4 is 5.96 Å². The van der Waals surface area contributed by atoms with Gasteiger partial charge < -0.3 is 10.2 Å². The molecule has 0 atom stereocenters. The third kappa shape index (κ3) is 4.69. The predicted molar refractivity (Wildman–Crippen MR) is 105 cm³/mol. The predicted octanol–water partition coefficient (Wildman–Crippen LogP) is 2.99. The lowest BCUT2D eigenvalue weighted by atomic mass is 10.1. The van der Waals surface area contributed by atoms with Crippen LogP contribution in [0.5, 0.6) is 0 Å². The van der Waals surface area contributed by atoms with E-state index in [1.54, 1.807) is 0 Å². The maximum absolute atomic E-state index is 4.73. The minimum Gasteiger partial charge on any atom is -0.352 e. The molecule has 0 aliphatic heterocycles. The molecule has 6 heteroatoms. The zero-order chi connectivity index (χ0) is 18.4. The first-order chi connectivity index (χ1) is 12.6. The molecule has 2 N–H and O–H groups in total. The number of benzene rings is 2. The molecule has 0 saturated heterocycles. The van der Waals surface area contributed by atoms with Gasteiger partial charge in [0.2, 0.25) is 0 Å². The quantitative estimate of drug-likeness (QED) is 0.549. The molecule has 3 rings (SSSR count). The second-order valence-electron chi connectivity index (χ2n) is 6.32. The average Bonchev–Trinajstić information content (AvgIpc) is 3.09. The number of H-pyrrole nitrogens is 1. The summed E-state index contributed by atoms with van der Waals surface area (Å²) >= 11 is 0. The minimum atomic E-state index is 0.590. The minimum absolute atomic E-state index is 0.590. The maximum Gasteiger partial charge on any atom is 0.194 e. The molecule has 26 heavy (non-hydrogen) atoms. The fraction of sp³-hybridized carbons (Fsp3) is 0.250. The second kappa shape index (κ2) is 8.29. The number of nitrogens with one attached hydrogen (secondary N) is 2. The summed E-state index contributed by atoms with van der Waals surface area (Å²) in [5.74, 6) is 2.37. The van der Waals surface area contributed by atoms with Crippen molar-refractivity contribution in [1.29, 1.82) is 0 Å². The van der Waals surface area contributed by atoms with E-state index in [2.05, 4.69) is 44.8 Å². The van der Waals surface area contributed by atoms with Crippen LogP contribution >= 0.6 is 0 Å². The van der Waals surface area contributed by atoms with E-state index in [1.807, 2.05) is 56.3 Å². The van der Waals surface area contributed by atoms with Crippen molar-refractivity contribution < 1.29 is 0 Å². The first-order valence-corrected chi connectivity index (χ1v) is 8.60. The lowest BCUT2D eigenvalue weighted by Crippen LogP contribution is -2.36. The highest BCUT2D eigenvalue weighted by molar-refractivity contribution is 5.79. The third-order valence-corrected chi connectivity index (χ3v) is 3.91. The van der Waals surface area contributed by atoms with Crippen LogP contribution in [0.1, 0.15) is 17.0 Å². The molecule has 0 radical (unpaired) electrons. The van der Waals surface area contributed by atoms with Crippen molar-refractivity contribution in [1.82, 2.24) is 25.4 Å². The molecule has 134 valence electrons. The number of hydrogen-bond donors (Lipinski definition) is 2. The summed E-state index contributed by atoms with van der Waals surface area (Å²) in [4.78, 5) is 11.1. The largest absolute Gasteiger partial charge is 0.352 e. The first-order valence-electron chi connectivity index (χ1n) is 8.60. The number of hydrogen-bond acceptors (Lipinski definition) is 3. The van der Waals surface area contributed by atoms with Gasteiger partial charge in [-0.1, -0.05) is 48.5 Å². The summed E-state index contributed by atoms with van der Waals surface area (Å²) in [6.07, 6.45) is 0. The van der Waals surface area contributed by atoms with Crippen LogP contribution in [0.2, 0.25) is 0 Å². The van der Waals surface area contributed by atoms with Crippen LogP contribution in [-0.4, -0.2) is 40.1 Å². The molecule has 0 bridgehead atoms. The number of guanidine groups is 1. The van der Waals surface area contributed by atoms with Gasteiger partial charge in [-0.2, -0.15) is 5.10 Å². The van der Waals surface area contributed by atoms with E-state index >= 15 is 0 Å². The van der Waals surface area contributed by atoms with Crippen LogP contribution in [-0.2, 0) is 13.1 Å². The summed E-state index contributed by atoms with van der Waals surface area (Å²) < 4.78 is 0. The SMILES string of the molecule is Cc1nc(-c2cccc(CN=C(NCc3ccccc3)N(C)C)c2)n[nH]1. The number of aliphatic imine (C=N–C) groups is 1. The molecule has 1 heterocycles. The van der Waals surface area contributed by atoms with E-state index in [1.165, 1.54) is 5.56 Å². The topological polar surface area (TPSA) is 69.2 Å². The van der Waals surface area contributed by atoms with Gasteiger partial charge in [0.1, 0.15) is 5.82 Å². The van der Waals surface area contributed by atoms with Crippen LogP contribution in [0.4, 0.5) is 0 Å². The molecule has 0 unspecified atom stereocenters. The van der Waals surface area contributed by atoms with Crippen molar-refractivity contribution in [3.8, 4) is 11.4 Å². The van der Waals surface area contributed by atoms with Crippen molar-refractivity contribution in [2.24, 2.45) is 4.99 Å². The molecule has 0 aliphatic rings. The van der Waals surface area contributed by atoms with E-state index in [0.717, 1.165) is 29.5 Å². The molecule has 6 nitrogen and oxygen atoms in total. The van der Waals surface area contributed by atoms with Crippen LogP contribution < -0.4 is 5.32 Å². The summed E-state index contributed by atoms with van der Waals surface area (Å²) in [5, 5.41) is 10.5. The molecular weight excluding hydrogens is 324 g/mol. The zero-order valence-corrected chi connectivity index (χ0v) is 15.4. The monoisotopic (exact) mass is 348 g/mol. The van der Waals surface area contributed by atoms with Gasteiger partial charge in [-0.25, -0.2) is 9.98 Å². The number of aryl methyl sites for hydroxylation is 1. The Labute approximate surface area is 154 Å². The molecule has 1 aromatic heterocycles. The van der Waals surface area contributed by atoms with Crippen molar-refractivity contribution in [3.05, 3.63) is 71.5 Å². The average molecular weight is 348 g/mol. The van der Waals surface area contributed by atoms with Crippen LogP contribution in [0.25, 0.3) is 11.4 Å². The summed E-state index contributed by atoms with van der Waals surface area (Å²) in [6.45, 7) is 3.23.